The average Bonchev–Trinajstić information content (AvgIpc) is 3.06. The van der Waals surface area contributed by atoms with Gasteiger partial charge in [0.25, 0.3) is 0 Å². The first-order valence-corrected chi connectivity index (χ1v) is 13.6. The number of anilines is 1. The minimum atomic E-state index is -4.42. The molecule has 2 saturated heterocycles. The van der Waals surface area contributed by atoms with Gasteiger partial charge in [0.05, 0.1) is 17.9 Å². The molecule has 1 N–H and O–H groups in total. The van der Waals surface area contributed by atoms with E-state index in [1.165, 1.54) is 12.1 Å². The number of amides is 1. The van der Waals surface area contributed by atoms with E-state index in [0.717, 1.165) is 37.0 Å². The van der Waals surface area contributed by atoms with Gasteiger partial charge in [-0.1, -0.05) is 30.3 Å². The fraction of sp³-hybridized carbons (Fsp3) is 0.500. The normalized spacial score (nSPS) is 20.5. The minimum absolute atomic E-state index is 0.0242. The Morgan fingerprint density at radius 1 is 1.00 bits per heavy atom. The topological polar surface area (TPSA) is 69.7 Å². The first-order chi connectivity index (χ1) is 16.8. The number of hydrogen-bond donors (Lipinski definition) is 1. The lowest BCUT2D eigenvalue weighted by atomic mass is 9.74. The molecule has 4 rings (SSSR count). The highest BCUT2D eigenvalue weighted by Crippen LogP contribution is 2.49. The Morgan fingerprint density at radius 3 is 2.19 bits per heavy atom. The molecule has 2 fully saturated rings. The molecule has 0 aromatic heterocycles. The maximum Gasteiger partial charge on any atom is 0.416 e. The van der Waals surface area contributed by atoms with Gasteiger partial charge in [-0.15, -0.1) is 0 Å². The molecule has 0 atom stereocenters. The number of halogens is 3. The maximum atomic E-state index is 13.3. The monoisotopic (exact) mass is 523 g/mol. The number of sulfonamides is 1. The van der Waals surface area contributed by atoms with E-state index in [-0.39, 0.29) is 23.6 Å². The molecule has 2 aliphatic heterocycles. The molecule has 0 aliphatic carbocycles. The lowest BCUT2D eigenvalue weighted by Crippen LogP contribution is -2.45. The Balaban J connectivity index is 1.32. The van der Waals surface area contributed by atoms with E-state index in [1.807, 2.05) is 49.1 Å². The number of carbonyl (C=O) groups is 1. The van der Waals surface area contributed by atoms with Gasteiger partial charge in [0.2, 0.25) is 15.9 Å². The molecule has 2 aliphatic rings. The summed E-state index contributed by atoms with van der Waals surface area (Å²) in [5.74, 6) is -0.312. The summed E-state index contributed by atoms with van der Waals surface area (Å²) in [5.41, 5.74) is -0.300. The summed E-state index contributed by atoms with van der Waals surface area (Å²) < 4.78 is 66.4. The van der Waals surface area contributed by atoms with E-state index in [4.69, 9.17) is 0 Å². The smallest absolute Gasteiger partial charge is 0.325 e. The first kappa shape index (κ1) is 26.6. The van der Waals surface area contributed by atoms with Crippen molar-refractivity contribution in [3.8, 4) is 0 Å². The zero-order chi connectivity index (χ0) is 26.2. The summed E-state index contributed by atoms with van der Waals surface area (Å²) in [6.45, 7) is 5.88. The molecule has 36 heavy (non-hydrogen) atoms. The number of rotatable bonds is 6. The van der Waals surface area contributed by atoms with Crippen molar-refractivity contribution in [2.45, 2.75) is 50.6 Å². The van der Waals surface area contributed by atoms with Crippen molar-refractivity contribution < 1.29 is 26.4 Å². The summed E-state index contributed by atoms with van der Waals surface area (Å²) >= 11 is 0. The largest absolute Gasteiger partial charge is 0.416 e. The van der Waals surface area contributed by atoms with Crippen LogP contribution in [-0.4, -0.2) is 55.2 Å². The van der Waals surface area contributed by atoms with Crippen LogP contribution in [0.2, 0.25) is 0 Å². The van der Waals surface area contributed by atoms with Gasteiger partial charge >= 0.3 is 6.18 Å². The second kappa shape index (κ2) is 9.79. The van der Waals surface area contributed by atoms with Crippen molar-refractivity contribution in [2.75, 3.05) is 31.5 Å². The number of nitrogens with one attached hydrogen (secondary N) is 1. The molecular formula is C26H32F3N3O3S. The molecule has 1 amide bonds. The van der Waals surface area contributed by atoms with Crippen LogP contribution in [0.25, 0.3) is 0 Å². The van der Waals surface area contributed by atoms with Crippen LogP contribution in [0, 0.1) is 5.41 Å². The molecule has 196 valence electrons. The quantitative estimate of drug-likeness (QED) is 0.594. The van der Waals surface area contributed by atoms with Crippen LogP contribution in [0.1, 0.15) is 44.2 Å². The van der Waals surface area contributed by atoms with Gasteiger partial charge < -0.3 is 5.32 Å². The first-order valence-electron chi connectivity index (χ1n) is 12.0. The van der Waals surface area contributed by atoms with Crippen molar-refractivity contribution in [2.24, 2.45) is 5.41 Å². The van der Waals surface area contributed by atoms with Crippen LogP contribution in [-0.2, 0) is 26.7 Å². The van der Waals surface area contributed by atoms with E-state index in [9.17, 15) is 26.4 Å². The number of likely N-dealkylation sites (tertiary alicyclic amines) is 1. The van der Waals surface area contributed by atoms with Crippen LogP contribution in [0.3, 0.4) is 0 Å². The van der Waals surface area contributed by atoms with Crippen LogP contribution in [0.15, 0.2) is 54.6 Å². The summed E-state index contributed by atoms with van der Waals surface area (Å²) in [7, 11) is -3.49. The van der Waals surface area contributed by atoms with E-state index < -0.39 is 27.3 Å². The molecule has 2 aromatic rings. The Bertz CT molecular complexity index is 1170. The predicted molar refractivity (Wildman–Crippen MR) is 133 cm³/mol. The van der Waals surface area contributed by atoms with Gasteiger partial charge in [0.15, 0.2) is 0 Å². The standard InChI is InChI=1S/C26H32F3N3O3S/c1-24(2)18-25(19-32(24)36(34,35)17-20-6-4-3-5-7-20)12-14-31(15-13-25)16-23(33)30-22-10-8-21(9-11-22)26(27,28)29/h3-11H,12-19H2,1-2H3,(H,30,33). The molecule has 0 unspecified atom stereocenters. The van der Waals surface area contributed by atoms with Crippen LogP contribution >= 0.6 is 0 Å². The third-order valence-electron chi connectivity index (χ3n) is 7.27. The van der Waals surface area contributed by atoms with E-state index >= 15 is 0 Å². The second-order valence-corrected chi connectivity index (χ2v) is 12.5. The fourth-order valence-electron chi connectivity index (χ4n) is 5.58. The molecule has 2 aromatic carbocycles. The zero-order valence-electron chi connectivity index (χ0n) is 20.5. The van der Waals surface area contributed by atoms with Crippen molar-refractivity contribution in [3.63, 3.8) is 0 Å². The lowest BCUT2D eigenvalue weighted by molar-refractivity contribution is -0.137. The van der Waals surface area contributed by atoms with Gasteiger partial charge in [-0.2, -0.15) is 17.5 Å². The third kappa shape index (κ3) is 6.10. The summed E-state index contributed by atoms with van der Waals surface area (Å²) in [6.07, 6.45) is -2.10. The molecule has 2 heterocycles. The Kier molecular flexibility index (Phi) is 7.24. The van der Waals surface area contributed by atoms with Crippen LogP contribution in [0.5, 0.6) is 0 Å². The summed E-state index contributed by atoms with van der Waals surface area (Å²) in [6, 6.07) is 13.6. The predicted octanol–water partition coefficient (Wildman–Crippen LogP) is 4.74. The summed E-state index contributed by atoms with van der Waals surface area (Å²) in [4.78, 5) is 14.5. The molecule has 0 radical (unpaired) electrons. The average molecular weight is 524 g/mol. The number of nitrogens with zero attached hydrogens (tertiary/aromatic N) is 2. The van der Waals surface area contributed by atoms with Gasteiger partial charge in [-0.3, -0.25) is 9.69 Å². The number of benzene rings is 2. The third-order valence-corrected chi connectivity index (χ3v) is 9.26. The van der Waals surface area contributed by atoms with Gasteiger partial charge in [0.1, 0.15) is 0 Å². The number of carbonyl (C=O) groups excluding carboxylic acids is 1. The molecule has 10 heteroatoms. The lowest BCUT2D eigenvalue weighted by Gasteiger charge is -2.39. The van der Waals surface area contributed by atoms with Crippen molar-refractivity contribution in [3.05, 3.63) is 65.7 Å². The highest BCUT2D eigenvalue weighted by molar-refractivity contribution is 7.88. The highest BCUT2D eigenvalue weighted by atomic mass is 32.2. The Morgan fingerprint density at radius 2 is 1.61 bits per heavy atom. The molecular weight excluding hydrogens is 491 g/mol. The molecule has 1 spiro atoms. The van der Waals surface area contributed by atoms with Gasteiger partial charge in [-0.25, -0.2) is 8.42 Å². The van der Waals surface area contributed by atoms with Crippen molar-refractivity contribution in [1.29, 1.82) is 0 Å². The highest BCUT2D eigenvalue weighted by Gasteiger charge is 2.53. The summed E-state index contributed by atoms with van der Waals surface area (Å²) in [5, 5.41) is 2.66. The number of hydrogen-bond acceptors (Lipinski definition) is 4. The van der Waals surface area contributed by atoms with Crippen molar-refractivity contribution in [1.82, 2.24) is 9.21 Å². The van der Waals surface area contributed by atoms with E-state index in [2.05, 4.69) is 5.32 Å². The van der Waals surface area contributed by atoms with Gasteiger partial charge in [-0.05, 0) is 81.4 Å². The molecule has 0 saturated carbocycles. The van der Waals surface area contributed by atoms with E-state index in [0.29, 0.717) is 25.3 Å². The SMILES string of the molecule is CC1(C)CC2(CCN(CC(=O)Nc3ccc(C(F)(F)F)cc3)CC2)CN1S(=O)(=O)Cc1ccccc1. The molecule has 0 bridgehead atoms. The molecule has 6 nitrogen and oxygen atoms in total. The fourth-order valence-corrected chi connectivity index (χ4v) is 7.64. The second-order valence-electron chi connectivity index (χ2n) is 10.6. The van der Waals surface area contributed by atoms with Crippen molar-refractivity contribution >= 4 is 21.6 Å². The minimum Gasteiger partial charge on any atom is -0.325 e. The number of alkyl halides is 3. The van der Waals surface area contributed by atoms with Crippen LogP contribution < -0.4 is 5.32 Å². The van der Waals surface area contributed by atoms with Gasteiger partial charge in [0, 0.05) is 17.8 Å². The van der Waals surface area contributed by atoms with Crippen LogP contribution in [0.4, 0.5) is 18.9 Å². The Hall–Kier alpha value is -2.43. The Labute approximate surface area is 210 Å². The number of piperidine rings is 1. The zero-order valence-corrected chi connectivity index (χ0v) is 21.3. The maximum absolute atomic E-state index is 13.3. The van der Waals surface area contributed by atoms with E-state index in [1.54, 1.807) is 4.31 Å².